The Morgan fingerprint density at radius 1 is 1.04 bits per heavy atom. The summed E-state index contributed by atoms with van der Waals surface area (Å²) < 4.78 is 13.1. The molecule has 2 amide bonds. The monoisotopic (exact) mass is 369 g/mol. The number of benzene rings is 2. The predicted molar refractivity (Wildman–Crippen MR) is 102 cm³/mol. The molecular weight excluding hydrogens is 345 g/mol. The normalized spacial score (nSPS) is 15.7. The van der Waals surface area contributed by atoms with Crippen LogP contribution in [0.4, 0.5) is 4.39 Å². The van der Waals surface area contributed by atoms with Gasteiger partial charge in [0.15, 0.2) is 0 Å². The third-order valence-electron chi connectivity index (χ3n) is 4.70. The highest BCUT2D eigenvalue weighted by atomic mass is 19.1. The van der Waals surface area contributed by atoms with Gasteiger partial charge in [0.1, 0.15) is 11.9 Å². The number of carbonyl (C=O) groups excluding carboxylic acids is 2. The number of carbonyl (C=O) groups is 2. The maximum atomic E-state index is 13.1. The van der Waals surface area contributed by atoms with Crippen LogP contribution in [0, 0.1) is 5.82 Å². The van der Waals surface area contributed by atoms with Crippen LogP contribution in [0.1, 0.15) is 28.8 Å². The van der Waals surface area contributed by atoms with Crippen LogP contribution < -0.4 is 16.0 Å². The van der Waals surface area contributed by atoms with Gasteiger partial charge in [-0.25, -0.2) is 4.39 Å². The molecule has 5 nitrogen and oxygen atoms in total. The van der Waals surface area contributed by atoms with E-state index in [1.54, 1.807) is 0 Å². The molecule has 1 saturated heterocycles. The molecule has 3 rings (SSSR count). The maximum absolute atomic E-state index is 13.1. The SMILES string of the molecule is O=C(N[C@@H](Cc1ccccc1)C(=O)NC1CCNCC1)c1ccc(F)cc1. The van der Waals surface area contributed by atoms with Crippen molar-refractivity contribution in [1.82, 2.24) is 16.0 Å². The highest BCUT2D eigenvalue weighted by Crippen LogP contribution is 2.09. The van der Waals surface area contributed by atoms with Gasteiger partial charge in [0.25, 0.3) is 5.91 Å². The van der Waals surface area contributed by atoms with E-state index in [-0.39, 0.29) is 11.9 Å². The summed E-state index contributed by atoms with van der Waals surface area (Å²) in [7, 11) is 0. The van der Waals surface area contributed by atoms with Crippen LogP contribution in [0.5, 0.6) is 0 Å². The standard InChI is InChI=1S/C21H24FN3O2/c22-17-8-6-16(7-9-17)20(26)25-19(14-15-4-2-1-3-5-15)21(27)24-18-10-12-23-13-11-18/h1-9,18-19,23H,10-14H2,(H,24,27)(H,25,26)/t19-/m0/s1. The molecule has 1 aliphatic heterocycles. The Balaban J connectivity index is 1.70. The van der Waals surface area contributed by atoms with Crippen molar-refractivity contribution in [3.8, 4) is 0 Å². The average Bonchev–Trinajstić information content (AvgIpc) is 2.69. The van der Waals surface area contributed by atoms with Crippen molar-refractivity contribution >= 4 is 11.8 Å². The first-order valence-corrected chi connectivity index (χ1v) is 9.23. The van der Waals surface area contributed by atoms with Crippen LogP contribution in [0.2, 0.25) is 0 Å². The second kappa shape index (κ2) is 9.28. The Morgan fingerprint density at radius 3 is 2.37 bits per heavy atom. The molecule has 3 N–H and O–H groups in total. The summed E-state index contributed by atoms with van der Waals surface area (Å²) in [6.07, 6.45) is 2.13. The highest BCUT2D eigenvalue weighted by molar-refractivity contribution is 5.97. The van der Waals surface area contributed by atoms with Crippen molar-refractivity contribution < 1.29 is 14.0 Å². The molecule has 0 saturated carbocycles. The van der Waals surface area contributed by atoms with Crippen molar-refractivity contribution in [2.75, 3.05) is 13.1 Å². The molecule has 1 aliphatic rings. The van der Waals surface area contributed by atoms with E-state index in [1.807, 2.05) is 30.3 Å². The minimum Gasteiger partial charge on any atom is -0.351 e. The summed E-state index contributed by atoms with van der Waals surface area (Å²) in [4.78, 5) is 25.4. The first-order valence-electron chi connectivity index (χ1n) is 9.23. The minimum atomic E-state index is -0.695. The summed E-state index contributed by atoms with van der Waals surface area (Å²) in [6.45, 7) is 1.74. The van der Waals surface area contributed by atoms with Crippen LogP contribution in [0.15, 0.2) is 54.6 Å². The molecule has 1 fully saturated rings. The summed E-state index contributed by atoms with van der Waals surface area (Å²) in [6, 6.07) is 14.3. The largest absolute Gasteiger partial charge is 0.351 e. The Morgan fingerprint density at radius 2 is 1.70 bits per heavy atom. The van der Waals surface area contributed by atoms with Gasteiger partial charge in [-0.3, -0.25) is 9.59 Å². The van der Waals surface area contributed by atoms with Gasteiger partial charge < -0.3 is 16.0 Å². The molecule has 27 heavy (non-hydrogen) atoms. The van der Waals surface area contributed by atoms with Crippen molar-refractivity contribution in [3.63, 3.8) is 0 Å². The smallest absolute Gasteiger partial charge is 0.251 e. The Hall–Kier alpha value is -2.73. The maximum Gasteiger partial charge on any atom is 0.251 e. The molecule has 0 radical (unpaired) electrons. The van der Waals surface area contributed by atoms with E-state index >= 15 is 0 Å². The van der Waals surface area contributed by atoms with Gasteiger partial charge in [-0.2, -0.15) is 0 Å². The van der Waals surface area contributed by atoms with Crippen LogP contribution in [-0.4, -0.2) is 37.0 Å². The van der Waals surface area contributed by atoms with Gasteiger partial charge in [0.2, 0.25) is 5.91 Å². The topological polar surface area (TPSA) is 70.2 Å². The lowest BCUT2D eigenvalue weighted by Crippen LogP contribution is -2.52. The molecule has 1 heterocycles. The molecule has 0 aromatic heterocycles. The number of halogens is 1. The van der Waals surface area contributed by atoms with E-state index in [0.29, 0.717) is 12.0 Å². The molecule has 0 spiro atoms. The fourth-order valence-corrected chi connectivity index (χ4v) is 3.17. The molecule has 0 aliphatic carbocycles. The summed E-state index contributed by atoms with van der Waals surface area (Å²) in [5, 5.41) is 9.12. The summed E-state index contributed by atoms with van der Waals surface area (Å²) in [5.41, 5.74) is 1.28. The van der Waals surface area contributed by atoms with Gasteiger partial charge in [-0.05, 0) is 55.8 Å². The Bertz CT molecular complexity index is 759. The number of piperidine rings is 1. The molecule has 1 atom stereocenters. The molecule has 0 unspecified atom stereocenters. The van der Waals surface area contributed by atoms with Crippen LogP contribution in [0.25, 0.3) is 0 Å². The van der Waals surface area contributed by atoms with Gasteiger partial charge >= 0.3 is 0 Å². The number of hydrogen-bond acceptors (Lipinski definition) is 3. The molecule has 6 heteroatoms. The lowest BCUT2D eigenvalue weighted by Gasteiger charge is -2.26. The van der Waals surface area contributed by atoms with E-state index in [2.05, 4.69) is 16.0 Å². The number of rotatable bonds is 6. The van der Waals surface area contributed by atoms with E-state index < -0.39 is 17.8 Å². The molecule has 0 bridgehead atoms. The second-order valence-corrected chi connectivity index (χ2v) is 6.76. The van der Waals surface area contributed by atoms with Crippen LogP contribution >= 0.6 is 0 Å². The molecular formula is C21H24FN3O2. The molecule has 2 aromatic rings. The summed E-state index contributed by atoms with van der Waals surface area (Å²) >= 11 is 0. The quantitative estimate of drug-likeness (QED) is 0.730. The minimum absolute atomic E-state index is 0.111. The Labute approximate surface area is 158 Å². The molecule has 142 valence electrons. The lowest BCUT2D eigenvalue weighted by molar-refractivity contribution is -0.123. The van der Waals surface area contributed by atoms with Crippen molar-refractivity contribution in [2.45, 2.75) is 31.3 Å². The average molecular weight is 369 g/mol. The van der Waals surface area contributed by atoms with Gasteiger partial charge in [-0.15, -0.1) is 0 Å². The molecule has 2 aromatic carbocycles. The van der Waals surface area contributed by atoms with Gasteiger partial charge in [0.05, 0.1) is 0 Å². The van der Waals surface area contributed by atoms with Crippen molar-refractivity contribution in [2.24, 2.45) is 0 Å². The van der Waals surface area contributed by atoms with Crippen LogP contribution in [-0.2, 0) is 11.2 Å². The van der Waals surface area contributed by atoms with Gasteiger partial charge in [-0.1, -0.05) is 30.3 Å². The summed E-state index contributed by atoms with van der Waals surface area (Å²) in [5.74, 6) is -0.992. The highest BCUT2D eigenvalue weighted by Gasteiger charge is 2.25. The number of hydrogen-bond donors (Lipinski definition) is 3. The van der Waals surface area contributed by atoms with E-state index in [9.17, 15) is 14.0 Å². The first kappa shape index (κ1) is 19.0. The van der Waals surface area contributed by atoms with Crippen molar-refractivity contribution in [3.05, 3.63) is 71.5 Å². The lowest BCUT2D eigenvalue weighted by atomic mass is 10.0. The predicted octanol–water partition coefficient (Wildman–Crippen LogP) is 2.03. The zero-order valence-corrected chi connectivity index (χ0v) is 15.1. The van der Waals surface area contributed by atoms with Crippen molar-refractivity contribution in [1.29, 1.82) is 0 Å². The van der Waals surface area contributed by atoms with E-state index in [4.69, 9.17) is 0 Å². The van der Waals surface area contributed by atoms with E-state index in [1.165, 1.54) is 24.3 Å². The Kier molecular flexibility index (Phi) is 6.54. The van der Waals surface area contributed by atoms with Crippen LogP contribution in [0.3, 0.4) is 0 Å². The fourth-order valence-electron chi connectivity index (χ4n) is 3.17. The third kappa shape index (κ3) is 5.62. The third-order valence-corrected chi connectivity index (χ3v) is 4.70. The van der Waals surface area contributed by atoms with E-state index in [0.717, 1.165) is 31.5 Å². The van der Waals surface area contributed by atoms with Gasteiger partial charge in [0, 0.05) is 18.0 Å². The second-order valence-electron chi connectivity index (χ2n) is 6.76. The fraction of sp³-hybridized carbons (Fsp3) is 0.333. The zero-order chi connectivity index (χ0) is 19.1. The zero-order valence-electron chi connectivity index (χ0n) is 15.1. The number of amides is 2. The number of nitrogens with one attached hydrogen (secondary N) is 3. The first-order chi connectivity index (χ1) is 13.1.